The molecule has 5 aliphatic heterocycles. The highest BCUT2D eigenvalue weighted by molar-refractivity contribution is 5.73. The summed E-state index contributed by atoms with van der Waals surface area (Å²) in [5.41, 5.74) is 0. The van der Waals surface area contributed by atoms with Crippen LogP contribution in [-0.4, -0.2) is 300 Å². The molecule has 0 aromatic rings. The van der Waals surface area contributed by atoms with Crippen LogP contribution in [-0.2, 0) is 61.8 Å². The van der Waals surface area contributed by atoms with Crippen LogP contribution in [0.5, 0.6) is 0 Å². The molecule has 0 unspecified atom stereocenters. The van der Waals surface area contributed by atoms with Crippen LogP contribution in [0.3, 0.4) is 0 Å². The summed E-state index contributed by atoms with van der Waals surface area (Å²) in [4.78, 5) is 36.4. The van der Waals surface area contributed by atoms with Gasteiger partial charge in [-0.25, -0.2) is 0 Å². The monoisotopic (exact) mass is 1220 g/mol. The van der Waals surface area contributed by atoms with Gasteiger partial charge in [0.15, 0.2) is 31.5 Å². The second-order valence-corrected chi connectivity index (χ2v) is 21.9. The lowest BCUT2D eigenvalue weighted by Crippen LogP contribution is -2.71. The van der Waals surface area contributed by atoms with Crippen LogP contribution >= 0.6 is 0 Å². The number of nitrogens with one attached hydrogen (secondary N) is 3. The van der Waals surface area contributed by atoms with Gasteiger partial charge in [-0.1, -0.05) is 83.3 Å². The molecule has 27 atom stereocenters. The lowest BCUT2D eigenvalue weighted by atomic mass is 9.93. The van der Waals surface area contributed by atoms with E-state index in [0.29, 0.717) is 12.8 Å². The lowest BCUT2D eigenvalue weighted by Gasteiger charge is -2.50. The molecule has 31 heteroatoms. The van der Waals surface area contributed by atoms with Crippen LogP contribution in [0.15, 0.2) is 12.2 Å². The molecular weight excluding hydrogens is 1130 g/mol. The fourth-order valence-electron chi connectivity index (χ4n) is 10.8. The second kappa shape index (κ2) is 36.0. The number of rotatable bonds is 34. The molecule has 0 aromatic heterocycles. The van der Waals surface area contributed by atoms with E-state index in [4.69, 9.17) is 47.4 Å². The van der Waals surface area contributed by atoms with E-state index in [-0.39, 0.29) is 0 Å². The van der Waals surface area contributed by atoms with Crippen molar-refractivity contribution in [1.82, 2.24) is 16.0 Å². The molecule has 84 heavy (non-hydrogen) atoms. The van der Waals surface area contributed by atoms with E-state index >= 15 is 0 Å². The predicted octanol–water partition coefficient (Wildman–Crippen LogP) is -6.88. The number of carbonyl (C=O) groups is 3. The molecule has 5 aliphatic rings. The summed E-state index contributed by atoms with van der Waals surface area (Å²) in [6.45, 7) is -0.895. The van der Waals surface area contributed by atoms with Crippen LogP contribution in [0.4, 0.5) is 0 Å². The Morgan fingerprint density at radius 3 is 1.38 bits per heavy atom. The zero-order valence-electron chi connectivity index (χ0n) is 47.6. The van der Waals surface area contributed by atoms with E-state index in [9.17, 15) is 91.0 Å². The average Bonchev–Trinajstić information content (AvgIpc) is 1.35. The quantitative estimate of drug-likeness (QED) is 0.0162. The molecule has 3 amide bonds. The van der Waals surface area contributed by atoms with Crippen LogP contribution in [0, 0.1) is 0 Å². The molecule has 18 N–H and O–H groups in total. The minimum absolute atomic E-state index is 0.347. The van der Waals surface area contributed by atoms with Gasteiger partial charge >= 0.3 is 0 Å². The van der Waals surface area contributed by atoms with Gasteiger partial charge in [0.25, 0.3) is 0 Å². The number of unbranched alkanes of at least 4 members (excludes halogenated alkanes) is 11. The molecule has 0 spiro atoms. The van der Waals surface area contributed by atoms with Crippen molar-refractivity contribution < 1.29 is 138 Å². The van der Waals surface area contributed by atoms with Crippen molar-refractivity contribution in [1.29, 1.82) is 0 Å². The number of aliphatic hydroxyl groups is 15. The van der Waals surface area contributed by atoms with Gasteiger partial charge in [0.1, 0.15) is 122 Å². The topological polar surface area (TPSA) is 483 Å². The first-order chi connectivity index (χ1) is 40.2. The maximum Gasteiger partial charge on any atom is 0.217 e. The lowest BCUT2D eigenvalue weighted by molar-refractivity contribution is -0.388. The normalized spacial score (nSPS) is 40.0. The van der Waals surface area contributed by atoms with Crippen molar-refractivity contribution in [3.63, 3.8) is 0 Å². The Bertz CT molecular complexity index is 1940. The van der Waals surface area contributed by atoms with E-state index in [2.05, 4.69) is 22.9 Å². The Morgan fingerprint density at radius 1 is 0.464 bits per heavy atom. The van der Waals surface area contributed by atoms with E-state index in [1.165, 1.54) is 51.0 Å². The first-order valence-corrected chi connectivity index (χ1v) is 29.0. The van der Waals surface area contributed by atoms with Crippen molar-refractivity contribution in [2.75, 3.05) is 39.6 Å². The fourth-order valence-corrected chi connectivity index (χ4v) is 10.8. The Balaban J connectivity index is 1.22. The van der Waals surface area contributed by atoms with Crippen LogP contribution in [0.1, 0.15) is 97.8 Å². The van der Waals surface area contributed by atoms with Gasteiger partial charge in [-0.15, -0.1) is 0 Å². The highest BCUT2D eigenvalue weighted by Gasteiger charge is 2.57. The van der Waals surface area contributed by atoms with Crippen molar-refractivity contribution in [2.24, 2.45) is 0 Å². The van der Waals surface area contributed by atoms with Gasteiger partial charge in [-0.05, 0) is 12.8 Å². The molecule has 5 heterocycles. The SMILES string of the molecule is CCCCCCCCCCCCC/C=C/[C@@H](O)[C@H](CO[C@@H]1O[C@H](CO)[C@@H](O[C@@H]2O[C@H](CO)[C@H](O[C@H]3O[C@H](CO)[C@H](O)[C@H](O[C@@H]4O[C@H](CO)[C@H](O)[C@H](O[C@H]5O[C@H](CO)[C@H](O)[C@H](O)[C@H]5NC(C)=O)[C@H]4NC(C)=O)[C@H]3O)[C@H](O)[C@H]2O)[C@H](O)[C@H]1O)NC=O. The summed E-state index contributed by atoms with van der Waals surface area (Å²) in [5, 5.41) is 171. The fraction of sp³-hybridized carbons (Fsp3) is 0.906. The number of aliphatic hydroxyl groups excluding tert-OH is 15. The van der Waals surface area contributed by atoms with E-state index in [1.807, 2.05) is 0 Å². The van der Waals surface area contributed by atoms with E-state index in [0.717, 1.165) is 39.5 Å². The molecular formula is C53H93N3O28. The summed E-state index contributed by atoms with van der Waals surface area (Å²) in [5.74, 6) is -1.55. The van der Waals surface area contributed by atoms with Gasteiger partial charge in [0.2, 0.25) is 18.2 Å². The molecule has 5 rings (SSSR count). The van der Waals surface area contributed by atoms with Crippen molar-refractivity contribution >= 4 is 18.2 Å². The first-order valence-electron chi connectivity index (χ1n) is 29.0. The van der Waals surface area contributed by atoms with E-state index in [1.54, 1.807) is 6.08 Å². The second-order valence-electron chi connectivity index (χ2n) is 21.9. The standard InChI is InChI=1S/C53H93N3O28/c1-4-5-6-7-8-9-10-11-12-13-14-15-16-17-28(65)27(54-24-62)23-75-51-42(72)40(70)45(32(21-60)79-51)81-52-43(73)41(71)46(33(22-61)80-52)82-53-44(74)48(38(68)31(20-59)78-53)84-50-35(56-26(3)64)47(37(67)30(19-58)77-50)83-49-34(55-25(2)63)39(69)36(66)29(18-57)76-49/h16-17,24,27-53,57-61,65-74H,4-15,18-23H2,1-3H3,(H,54,62)(H,55,63)(H,56,64)/b17-16+/t27-,28+,29+,30+,31+,32+,33+,34+,35+,36-,37-,38-,39+,40+,41+,42+,43+,44+,45+,46-,47+,48-,49+,50-,51+,52-,53+/m0/s1. The Hall–Kier alpha value is -2.85. The Morgan fingerprint density at radius 2 is 0.869 bits per heavy atom. The summed E-state index contributed by atoms with van der Waals surface area (Å²) in [7, 11) is 0. The molecule has 5 fully saturated rings. The van der Waals surface area contributed by atoms with Gasteiger partial charge in [0, 0.05) is 13.8 Å². The average molecular weight is 1220 g/mol. The maximum atomic E-state index is 12.7. The van der Waals surface area contributed by atoms with Crippen molar-refractivity contribution in [3.05, 3.63) is 12.2 Å². The number of hydrogen-bond acceptors (Lipinski definition) is 28. The number of ether oxygens (including phenoxy) is 10. The molecule has 488 valence electrons. The molecule has 0 aromatic carbocycles. The molecule has 0 saturated carbocycles. The van der Waals surface area contributed by atoms with Gasteiger partial charge < -0.3 is 140 Å². The zero-order chi connectivity index (χ0) is 61.8. The first kappa shape index (κ1) is 71.9. The van der Waals surface area contributed by atoms with Gasteiger partial charge in [-0.2, -0.15) is 0 Å². The number of hydrogen-bond donors (Lipinski definition) is 18. The molecule has 5 saturated heterocycles. The highest BCUT2D eigenvalue weighted by atomic mass is 16.8. The molecule has 0 bridgehead atoms. The Kier molecular flexibility index (Phi) is 30.8. The predicted molar refractivity (Wildman–Crippen MR) is 283 cm³/mol. The van der Waals surface area contributed by atoms with Gasteiger partial charge in [0.05, 0.1) is 51.8 Å². The van der Waals surface area contributed by atoms with Crippen LogP contribution < -0.4 is 16.0 Å². The summed E-state index contributed by atoms with van der Waals surface area (Å²) >= 11 is 0. The molecule has 0 aliphatic carbocycles. The maximum absolute atomic E-state index is 12.7. The van der Waals surface area contributed by atoms with Crippen molar-refractivity contribution in [2.45, 2.75) is 263 Å². The number of allylic oxidation sites excluding steroid dienone is 1. The van der Waals surface area contributed by atoms with Crippen molar-refractivity contribution in [3.8, 4) is 0 Å². The van der Waals surface area contributed by atoms with Crippen LogP contribution in [0.2, 0.25) is 0 Å². The third-order valence-corrected chi connectivity index (χ3v) is 15.5. The minimum atomic E-state index is -2.20. The third kappa shape index (κ3) is 19.3. The van der Waals surface area contributed by atoms with E-state index < -0.39 is 217 Å². The number of amides is 3. The number of carbonyl (C=O) groups excluding carboxylic acids is 3. The Labute approximate surface area is 486 Å². The summed E-state index contributed by atoms with van der Waals surface area (Å²) < 4.78 is 58.0. The summed E-state index contributed by atoms with van der Waals surface area (Å²) in [6.07, 6.45) is -26.7. The molecule has 31 nitrogen and oxygen atoms in total. The summed E-state index contributed by atoms with van der Waals surface area (Å²) in [6, 6.07) is -4.31. The van der Waals surface area contributed by atoms with Gasteiger partial charge in [-0.3, -0.25) is 14.4 Å². The molecule has 0 radical (unpaired) electrons. The highest BCUT2D eigenvalue weighted by Crippen LogP contribution is 2.36. The zero-order valence-corrected chi connectivity index (χ0v) is 47.6. The smallest absolute Gasteiger partial charge is 0.217 e. The van der Waals surface area contributed by atoms with Crippen LogP contribution in [0.25, 0.3) is 0 Å². The third-order valence-electron chi connectivity index (χ3n) is 15.5. The minimum Gasteiger partial charge on any atom is -0.394 e. The largest absolute Gasteiger partial charge is 0.394 e.